The third-order valence-electron chi connectivity index (χ3n) is 3.82. The smallest absolute Gasteiger partial charge is 0.315 e. The molecule has 0 bridgehead atoms. The van der Waals surface area contributed by atoms with Crippen LogP contribution in [0.2, 0.25) is 0 Å². The first-order valence-corrected chi connectivity index (χ1v) is 8.38. The van der Waals surface area contributed by atoms with Gasteiger partial charge in [-0.25, -0.2) is 9.78 Å². The predicted octanol–water partition coefficient (Wildman–Crippen LogP) is 3.11. The molecular weight excluding hydrogens is 296 g/mol. The van der Waals surface area contributed by atoms with Gasteiger partial charge in [0.1, 0.15) is 5.01 Å². The molecule has 0 radical (unpaired) electrons. The minimum Gasteiger partial charge on any atom is -0.332 e. The molecule has 1 atom stereocenters. The summed E-state index contributed by atoms with van der Waals surface area (Å²) < 4.78 is 0. The fourth-order valence-corrected chi connectivity index (χ4v) is 3.32. The number of rotatable bonds is 5. The first kappa shape index (κ1) is 15.0. The van der Waals surface area contributed by atoms with Crippen molar-refractivity contribution in [1.82, 2.24) is 20.6 Å². The summed E-state index contributed by atoms with van der Waals surface area (Å²) in [6.07, 6.45) is 4.05. The molecule has 2 heterocycles. The number of amides is 2. The first-order chi connectivity index (χ1) is 10.6. The molecule has 116 valence electrons. The molecule has 5 nitrogen and oxygen atoms in total. The van der Waals surface area contributed by atoms with Gasteiger partial charge in [0.2, 0.25) is 0 Å². The van der Waals surface area contributed by atoms with Crippen molar-refractivity contribution < 1.29 is 4.79 Å². The highest BCUT2D eigenvalue weighted by atomic mass is 32.1. The van der Waals surface area contributed by atoms with E-state index in [4.69, 9.17) is 0 Å². The average molecular weight is 316 g/mol. The molecule has 1 aliphatic rings. The number of pyridine rings is 1. The summed E-state index contributed by atoms with van der Waals surface area (Å²) in [5.74, 6) is 0.521. The quantitative estimate of drug-likeness (QED) is 0.890. The Labute approximate surface area is 134 Å². The third-order valence-corrected chi connectivity index (χ3v) is 4.86. The second kappa shape index (κ2) is 6.44. The molecule has 2 aromatic rings. The van der Waals surface area contributed by atoms with Crippen molar-refractivity contribution in [2.45, 2.75) is 39.3 Å². The van der Waals surface area contributed by atoms with E-state index in [0.29, 0.717) is 12.5 Å². The van der Waals surface area contributed by atoms with E-state index in [1.165, 1.54) is 0 Å². The number of nitrogens with one attached hydrogen (secondary N) is 2. The number of hydrogen-bond acceptors (Lipinski definition) is 4. The van der Waals surface area contributed by atoms with E-state index in [0.717, 1.165) is 34.8 Å². The van der Waals surface area contributed by atoms with Crippen LogP contribution in [0.25, 0.3) is 0 Å². The third kappa shape index (κ3) is 3.62. The topological polar surface area (TPSA) is 66.9 Å². The van der Waals surface area contributed by atoms with Crippen LogP contribution >= 0.6 is 11.3 Å². The Morgan fingerprint density at radius 3 is 2.91 bits per heavy atom. The van der Waals surface area contributed by atoms with Crippen molar-refractivity contribution in [1.29, 1.82) is 0 Å². The Morgan fingerprint density at radius 2 is 2.27 bits per heavy atom. The van der Waals surface area contributed by atoms with E-state index >= 15 is 0 Å². The number of aryl methyl sites for hydroxylation is 2. The summed E-state index contributed by atoms with van der Waals surface area (Å²) in [6, 6.07) is 3.76. The van der Waals surface area contributed by atoms with Gasteiger partial charge >= 0.3 is 6.03 Å². The maximum absolute atomic E-state index is 12.2. The van der Waals surface area contributed by atoms with Crippen LogP contribution in [0.3, 0.4) is 0 Å². The van der Waals surface area contributed by atoms with Crippen LogP contribution in [-0.4, -0.2) is 16.0 Å². The number of nitrogens with zero attached hydrogens (tertiary/aromatic N) is 2. The molecular formula is C16H20N4OS. The van der Waals surface area contributed by atoms with E-state index in [9.17, 15) is 4.79 Å². The fraction of sp³-hybridized carbons (Fsp3) is 0.438. The standard InChI is InChI=1S/C16H20N4OS/c1-10-4-3-7-17-13(10)8-18-16(21)20-14(12-5-6-12)15-19-11(2)9-22-15/h3-4,7,9,12,14H,5-6,8H2,1-2H3,(H2,18,20,21)/t14-/m1/s1. The van der Waals surface area contributed by atoms with E-state index < -0.39 is 0 Å². The highest BCUT2D eigenvalue weighted by Gasteiger charge is 2.35. The molecule has 1 saturated carbocycles. The zero-order chi connectivity index (χ0) is 15.5. The molecule has 22 heavy (non-hydrogen) atoms. The number of carbonyl (C=O) groups excluding carboxylic acids is 1. The van der Waals surface area contributed by atoms with Gasteiger partial charge in [-0.15, -0.1) is 11.3 Å². The minimum absolute atomic E-state index is 0.0310. The Balaban J connectivity index is 1.59. The molecule has 0 spiro atoms. The molecule has 0 unspecified atom stereocenters. The van der Waals surface area contributed by atoms with E-state index in [1.54, 1.807) is 17.5 Å². The number of aromatic nitrogens is 2. The predicted molar refractivity (Wildman–Crippen MR) is 86.7 cm³/mol. The lowest BCUT2D eigenvalue weighted by Gasteiger charge is -2.16. The molecule has 0 aromatic carbocycles. The second-order valence-corrected chi connectivity index (χ2v) is 6.63. The van der Waals surface area contributed by atoms with Crippen molar-refractivity contribution in [3.63, 3.8) is 0 Å². The maximum Gasteiger partial charge on any atom is 0.315 e. The number of urea groups is 1. The van der Waals surface area contributed by atoms with E-state index in [1.807, 2.05) is 31.4 Å². The summed E-state index contributed by atoms with van der Waals surface area (Å²) in [5.41, 5.74) is 2.99. The lowest BCUT2D eigenvalue weighted by Crippen LogP contribution is -2.38. The number of hydrogen-bond donors (Lipinski definition) is 2. The van der Waals surface area contributed by atoms with Gasteiger partial charge in [-0.05, 0) is 44.2 Å². The largest absolute Gasteiger partial charge is 0.332 e. The van der Waals surface area contributed by atoms with E-state index in [2.05, 4.69) is 20.6 Å². The summed E-state index contributed by atoms with van der Waals surface area (Å²) in [6.45, 7) is 4.41. The summed E-state index contributed by atoms with van der Waals surface area (Å²) in [7, 11) is 0. The second-order valence-electron chi connectivity index (χ2n) is 5.74. The Hall–Kier alpha value is -1.95. The molecule has 1 aliphatic carbocycles. The summed E-state index contributed by atoms with van der Waals surface area (Å²) in [5, 5.41) is 9.00. The van der Waals surface area contributed by atoms with Crippen LogP contribution in [0.15, 0.2) is 23.7 Å². The molecule has 6 heteroatoms. The Kier molecular flexibility index (Phi) is 4.38. The zero-order valence-corrected chi connectivity index (χ0v) is 13.6. The molecule has 2 aromatic heterocycles. The van der Waals surface area contributed by atoms with Crippen LogP contribution < -0.4 is 10.6 Å². The van der Waals surface area contributed by atoms with Crippen molar-refractivity contribution in [3.05, 3.63) is 45.7 Å². The van der Waals surface area contributed by atoms with Gasteiger partial charge in [0.15, 0.2) is 0 Å². The first-order valence-electron chi connectivity index (χ1n) is 7.50. The lowest BCUT2D eigenvalue weighted by molar-refractivity contribution is 0.235. The molecule has 2 amide bonds. The SMILES string of the molecule is Cc1csc([C@H](NC(=O)NCc2ncccc2C)C2CC2)n1. The van der Waals surface area contributed by atoms with E-state index in [-0.39, 0.29) is 12.1 Å². The zero-order valence-electron chi connectivity index (χ0n) is 12.8. The number of carbonyl (C=O) groups is 1. The van der Waals surface area contributed by atoms with Gasteiger partial charge in [0.25, 0.3) is 0 Å². The van der Waals surface area contributed by atoms with Crippen LogP contribution in [0.5, 0.6) is 0 Å². The van der Waals surface area contributed by atoms with Crippen molar-refractivity contribution in [3.8, 4) is 0 Å². The molecule has 3 rings (SSSR count). The number of thiazole rings is 1. The monoisotopic (exact) mass is 316 g/mol. The van der Waals surface area contributed by atoms with Crippen LogP contribution in [-0.2, 0) is 6.54 Å². The Bertz CT molecular complexity index is 666. The van der Waals surface area contributed by atoms with Crippen LogP contribution in [0, 0.1) is 19.8 Å². The molecule has 1 fully saturated rings. The average Bonchev–Trinajstić information content (AvgIpc) is 3.25. The van der Waals surface area contributed by atoms with Gasteiger partial charge < -0.3 is 10.6 Å². The molecule has 0 aliphatic heterocycles. The Morgan fingerprint density at radius 1 is 1.45 bits per heavy atom. The van der Waals surface area contributed by atoms with Gasteiger partial charge in [0.05, 0.1) is 18.3 Å². The van der Waals surface area contributed by atoms with Gasteiger partial charge in [-0.2, -0.15) is 0 Å². The van der Waals surface area contributed by atoms with Crippen molar-refractivity contribution >= 4 is 17.4 Å². The van der Waals surface area contributed by atoms with Crippen molar-refractivity contribution in [2.24, 2.45) is 5.92 Å². The van der Waals surface area contributed by atoms with Gasteiger partial charge in [-0.1, -0.05) is 6.07 Å². The summed E-state index contributed by atoms with van der Waals surface area (Å²) >= 11 is 1.62. The maximum atomic E-state index is 12.2. The highest BCUT2D eigenvalue weighted by molar-refractivity contribution is 7.09. The van der Waals surface area contributed by atoms with Crippen LogP contribution in [0.1, 0.15) is 40.8 Å². The van der Waals surface area contributed by atoms with Gasteiger partial charge in [0, 0.05) is 17.3 Å². The fourth-order valence-electron chi connectivity index (χ4n) is 2.39. The van der Waals surface area contributed by atoms with Gasteiger partial charge in [-0.3, -0.25) is 4.98 Å². The highest BCUT2D eigenvalue weighted by Crippen LogP contribution is 2.41. The molecule has 2 N–H and O–H groups in total. The summed E-state index contributed by atoms with van der Waals surface area (Å²) in [4.78, 5) is 21.0. The van der Waals surface area contributed by atoms with Crippen LogP contribution in [0.4, 0.5) is 4.79 Å². The molecule has 0 saturated heterocycles. The normalized spacial score (nSPS) is 15.4. The lowest BCUT2D eigenvalue weighted by atomic mass is 10.2. The minimum atomic E-state index is -0.158. The van der Waals surface area contributed by atoms with Crippen molar-refractivity contribution in [2.75, 3.05) is 0 Å².